The molecule has 0 bridgehead atoms. The Kier molecular flexibility index (Phi) is 3.12. The summed E-state index contributed by atoms with van der Waals surface area (Å²) < 4.78 is 25.0. The number of aldehydes is 1. The Morgan fingerprint density at radius 1 is 1.62 bits per heavy atom. The number of carbonyl (C=O) groups is 1. The van der Waals surface area contributed by atoms with Gasteiger partial charge in [-0.15, -0.1) is 0 Å². The van der Waals surface area contributed by atoms with Crippen LogP contribution in [0.5, 0.6) is 0 Å². The summed E-state index contributed by atoms with van der Waals surface area (Å²) >= 11 is 1.82. The minimum Gasteiger partial charge on any atom is -0.397 e. The highest BCUT2D eigenvalue weighted by Crippen LogP contribution is 2.26. The van der Waals surface area contributed by atoms with Crippen LogP contribution < -0.4 is 5.73 Å². The largest absolute Gasteiger partial charge is 0.397 e. The number of hydrogen-bond donors (Lipinski definition) is 1. The molecule has 0 unspecified atom stereocenters. The number of pyridine rings is 1. The summed E-state index contributed by atoms with van der Waals surface area (Å²) in [6.45, 7) is 0. The number of hydrogen-bond acceptors (Lipinski definition) is 3. The Hall–Kier alpha value is -0.790. The third-order valence-electron chi connectivity index (χ3n) is 1.46. The first kappa shape index (κ1) is 10.3. The first-order valence-corrected chi connectivity index (χ1v) is 4.33. The first-order valence-electron chi connectivity index (χ1n) is 3.25. The monoisotopic (exact) mass is 298 g/mol. The van der Waals surface area contributed by atoms with E-state index in [1.54, 1.807) is 0 Å². The van der Waals surface area contributed by atoms with Crippen molar-refractivity contribution in [1.29, 1.82) is 0 Å². The Morgan fingerprint density at radius 2 is 2.23 bits per heavy atom. The van der Waals surface area contributed by atoms with E-state index in [0.717, 1.165) is 0 Å². The lowest BCUT2D eigenvalue weighted by atomic mass is 10.2. The van der Waals surface area contributed by atoms with E-state index in [1.807, 2.05) is 22.6 Å². The minimum atomic E-state index is -2.78. The Balaban J connectivity index is 3.38. The van der Waals surface area contributed by atoms with Crippen molar-refractivity contribution in [2.24, 2.45) is 0 Å². The van der Waals surface area contributed by atoms with Gasteiger partial charge in [0, 0.05) is 6.20 Å². The predicted molar refractivity (Wildman–Crippen MR) is 51.7 cm³/mol. The number of carbonyl (C=O) groups excluding carboxylic acids is 1. The van der Waals surface area contributed by atoms with Gasteiger partial charge in [-0.2, -0.15) is 0 Å². The summed E-state index contributed by atoms with van der Waals surface area (Å²) in [5.41, 5.74) is 4.69. The fourth-order valence-corrected chi connectivity index (χ4v) is 1.26. The number of nitrogens with two attached hydrogens (primary N) is 1. The van der Waals surface area contributed by atoms with Crippen LogP contribution in [0.25, 0.3) is 0 Å². The molecule has 1 aromatic rings. The van der Waals surface area contributed by atoms with E-state index in [4.69, 9.17) is 5.73 Å². The van der Waals surface area contributed by atoms with E-state index in [-0.39, 0.29) is 11.3 Å². The van der Waals surface area contributed by atoms with Crippen molar-refractivity contribution in [3.63, 3.8) is 0 Å². The highest BCUT2D eigenvalue weighted by molar-refractivity contribution is 14.1. The molecule has 1 heterocycles. The van der Waals surface area contributed by atoms with Gasteiger partial charge in [0.2, 0.25) is 0 Å². The van der Waals surface area contributed by atoms with Crippen molar-refractivity contribution in [1.82, 2.24) is 4.98 Å². The molecular weight excluding hydrogens is 293 g/mol. The highest BCUT2D eigenvalue weighted by Gasteiger charge is 2.17. The molecule has 70 valence electrons. The third-order valence-corrected chi connectivity index (χ3v) is 2.32. The molecule has 1 aromatic heterocycles. The van der Waals surface area contributed by atoms with E-state index >= 15 is 0 Å². The molecule has 0 spiro atoms. The average Bonchev–Trinajstić information content (AvgIpc) is 2.09. The summed E-state index contributed by atoms with van der Waals surface area (Å²) in [5.74, 6) is 0. The van der Waals surface area contributed by atoms with Crippen LogP contribution in [0.1, 0.15) is 22.5 Å². The lowest BCUT2D eigenvalue weighted by Gasteiger charge is -2.06. The van der Waals surface area contributed by atoms with Crippen LogP contribution in [-0.4, -0.2) is 11.3 Å². The Labute approximate surface area is 86.5 Å². The Morgan fingerprint density at radius 3 is 2.69 bits per heavy atom. The number of aromatic nitrogens is 1. The van der Waals surface area contributed by atoms with Crippen LogP contribution in [0.2, 0.25) is 0 Å². The maximum Gasteiger partial charge on any atom is 0.281 e. The molecule has 13 heavy (non-hydrogen) atoms. The standard InChI is InChI=1S/C7H5F2IN2O/c8-7(9)6-3(2-13)5(11)4(10)1-12-6/h1-2,7H,(H2,11,12). The SMILES string of the molecule is Nc1c(I)cnc(C(F)F)c1C=O. The molecule has 0 aromatic carbocycles. The average molecular weight is 298 g/mol. The first-order chi connectivity index (χ1) is 6.07. The lowest BCUT2D eigenvalue weighted by Crippen LogP contribution is -2.04. The molecule has 3 nitrogen and oxygen atoms in total. The van der Waals surface area contributed by atoms with Gasteiger partial charge < -0.3 is 5.73 Å². The van der Waals surface area contributed by atoms with E-state index in [9.17, 15) is 13.6 Å². The highest BCUT2D eigenvalue weighted by atomic mass is 127. The van der Waals surface area contributed by atoms with E-state index in [1.165, 1.54) is 6.20 Å². The fraction of sp³-hybridized carbons (Fsp3) is 0.143. The number of nitrogen functional groups attached to an aromatic ring is 1. The van der Waals surface area contributed by atoms with Crippen LogP contribution in [0, 0.1) is 3.57 Å². The van der Waals surface area contributed by atoms with Gasteiger partial charge in [0.05, 0.1) is 14.8 Å². The fourth-order valence-electron chi connectivity index (χ4n) is 0.830. The molecule has 0 atom stereocenters. The summed E-state index contributed by atoms with van der Waals surface area (Å²) in [6, 6.07) is 0. The molecule has 0 aliphatic rings. The van der Waals surface area contributed by atoms with Gasteiger partial charge in [0.15, 0.2) is 6.29 Å². The van der Waals surface area contributed by atoms with Gasteiger partial charge in [0.1, 0.15) is 5.69 Å². The molecule has 0 amide bonds. The molecular formula is C7H5F2IN2O. The second-order valence-electron chi connectivity index (χ2n) is 2.24. The lowest BCUT2D eigenvalue weighted by molar-refractivity contribution is 0.110. The molecule has 6 heteroatoms. The van der Waals surface area contributed by atoms with E-state index in [2.05, 4.69) is 4.98 Å². The van der Waals surface area contributed by atoms with E-state index in [0.29, 0.717) is 9.86 Å². The summed E-state index contributed by atoms with van der Waals surface area (Å²) in [4.78, 5) is 13.9. The van der Waals surface area contributed by atoms with Gasteiger partial charge in [-0.3, -0.25) is 9.78 Å². The van der Waals surface area contributed by atoms with Crippen LogP contribution >= 0.6 is 22.6 Å². The molecule has 2 N–H and O–H groups in total. The maximum atomic E-state index is 12.2. The maximum absolute atomic E-state index is 12.2. The van der Waals surface area contributed by atoms with Crippen LogP contribution in [0.15, 0.2) is 6.20 Å². The molecule has 0 aliphatic carbocycles. The van der Waals surface area contributed by atoms with Crippen molar-refractivity contribution >= 4 is 34.6 Å². The van der Waals surface area contributed by atoms with Crippen molar-refractivity contribution in [2.75, 3.05) is 5.73 Å². The number of anilines is 1. The quantitative estimate of drug-likeness (QED) is 0.671. The predicted octanol–water partition coefficient (Wildman–Crippen LogP) is 2.02. The summed E-state index contributed by atoms with van der Waals surface area (Å²) in [6.07, 6.45) is -1.27. The van der Waals surface area contributed by atoms with Crippen LogP contribution in [0.4, 0.5) is 14.5 Å². The normalized spacial score (nSPS) is 10.5. The number of nitrogens with zero attached hydrogens (tertiary/aromatic N) is 1. The van der Waals surface area contributed by atoms with Crippen molar-refractivity contribution < 1.29 is 13.6 Å². The topological polar surface area (TPSA) is 56.0 Å². The third kappa shape index (κ3) is 1.93. The van der Waals surface area contributed by atoms with Crippen molar-refractivity contribution in [3.8, 4) is 0 Å². The second-order valence-corrected chi connectivity index (χ2v) is 3.40. The number of halogens is 3. The molecule has 0 saturated carbocycles. The van der Waals surface area contributed by atoms with Crippen molar-refractivity contribution in [3.05, 3.63) is 21.0 Å². The zero-order valence-electron chi connectivity index (χ0n) is 6.30. The van der Waals surface area contributed by atoms with Gasteiger partial charge in [-0.25, -0.2) is 8.78 Å². The second kappa shape index (κ2) is 3.95. The number of rotatable bonds is 2. The molecule has 1 rings (SSSR count). The van der Waals surface area contributed by atoms with Gasteiger partial charge in [-0.1, -0.05) is 0 Å². The summed E-state index contributed by atoms with van der Waals surface area (Å²) in [5, 5.41) is 0. The minimum absolute atomic E-state index is 0.0564. The molecule has 0 aliphatic heterocycles. The van der Waals surface area contributed by atoms with Crippen molar-refractivity contribution in [2.45, 2.75) is 6.43 Å². The summed E-state index contributed by atoms with van der Waals surface area (Å²) in [7, 11) is 0. The number of alkyl halides is 2. The molecule has 0 saturated heterocycles. The van der Waals surface area contributed by atoms with Gasteiger partial charge in [0.25, 0.3) is 6.43 Å². The smallest absolute Gasteiger partial charge is 0.281 e. The van der Waals surface area contributed by atoms with Crippen LogP contribution in [-0.2, 0) is 0 Å². The Bertz CT molecular complexity index is 344. The molecule has 0 fully saturated rings. The van der Waals surface area contributed by atoms with Gasteiger partial charge >= 0.3 is 0 Å². The molecule has 0 radical (unpaired) electrons. The van der Waals surface area contributed by atoms with E-state index < -0.39 is 12.1 Å². The van der Waals surface area contributed by atoms with Gasteiger partial charge in [-0.05, 0) is 22.6 Å². The zero-order valence-corrected chi connectivity index (χ0v) is 8.46. The zero-order chi connectivity index (χ0) is 10.0. The van der Waals surface area contributed by atoms with Crippen LogP contribution in [0.3, 0.4) is 0 Å².